The topological polar surface area (TPSA) is 96.4 Å². The number of carbonyl (C=O) groups is 3. The molecule has 2 bridgehead atoms. The Morgan fingerprint density at radius 2 is 1.84 bits per heavy atom. The summed E-state index contributed by atoms with van der Waals surface area (Å²) in [6, 6.07) is 13.6. The molecule has 2 aliphatic heterocycles. The van der Waals surface area contributed by atoms with Gasteiger partial charge in [-0.1, -0.05) is 36.4 Å². The second kappa shape index (κ2) is 11.8. The lowest BCUT2D eigenvalue weighted by Crippen LogP contribution is -2.69. The van der Waals surface area contributed by atoms with Crippen molar-refractivity contribution in [3.63, 3.8) is 0 Å². The Kier molecular flexibility index (Phi) is 8.01. The largest absolute Gasteiger partial charge is 0.483 e. The summed E-state index contributed by atoms with van der Waals surface area (Å²) in [4.78, 5) is 43.4. The van der Waals surface area contributed by atoms with Gasteiger partial charge in [0.1, 0.15) is 6.10 Å². The van der Waals surface area contributed by atoms with Crippen LogP contribution in [-0.2, 0) is 21.4 Å². The predicted octanol–water partition coefficient (Wildman–Crippen LogP) is 5.08. The number of aliphatic hydroxyl groups excluding tert-OH is 1. The van der Waals surface area contributed by atoms with Gasteiger partial charge in [-0.15, -0.1) is 0 Å². The fraction of sp³-hybridized carbons (Fsp3) is 0.595. The fourth-order valence-electron chi connectivity index (χ4n) is 9.38. The smallest absolute Gasteiger partial charge is 0.308 e. The van der Waals surface area contributed by atoms with Crippen LogP contribution in [0.25, 0.3) is 0 Å². The van der Waals surface area contributed by atoms with Gasteiger partial charge in [0.15, 0.2) is 17.3 Å². The molecule has 3 fully saturated rings. The third kappa shape index (κ3) is 5.28. The van der Waals surface area contributed by atoms with Crippen molar-refractivity contribution in [3.8, 4) is 11.5 Å². The fourth-order valence-corrected chi connectivity index (χ4v) is 9.38. The zero-order valence-electron chi connectivity index (χ0n) is 26.7. The van der Waals surface area contributed by atoms with Crippen molar-refractivity contribution in [2.24, 2.45) is 11.8 Å². The molecule has 0 radical (unpaired) electrons. The molecular formula is C37H46N2O6. The monoisotopic (exact) mass is 614 g/mol. The van der Waals surface area contributed by atoms with Crippen LogP contribution < -0.4 is 9.47 Å². The van der Waals surface area contributed by atoms with Gasteiger partial charge in [0.25, 0.3) is 0 Å². The van der Waals surface area contributed by atoms with Crippen LogP contribution in [0, 0.1) is 11.8 Å². The number of aliphatic hydroxyl groups is 1. The number of benzene rings is 2. The molecule has 0 aromatic heterocycles. The van der Waals surface area contributed by atoms with Gasteiger partial charge in [-0.3, -0.25) is 19.3 Å². The number of nitrogens with zero attached hydrogens (tertiary/aromatic N) is 2. The summed E-state index contributed by atoms with van der Waals surface area (Å²) in [5.74, 6) is 1.78. The molecule has 5 aliphatic rings. The lowest BCUT2D eigenvalue weighted by molar-refractivity contribution is -0.146. The molecule has 1 amide bonds. The number of Topliss-reactive ketones (excluding diaryl/α,β-unsaturated/α-hetero) is 1. The number of hydrogen-bond acceptors (Lipinski definition) is 7. The standard InChI is InChI=1S/C37H46N2O6/c1-22(2)39(33(43)12-8-7-11-30(41)24-9-5-4-6-10-24)28-15-14-27-29-19-25-13-16-32(44-23(3)40)35-34(25)37(27,36(28)45-35)17-18-38(29)21-26-20-31(26)42/h4-6,9-10,13,16,22,26-29,31,36,42H,7-8,11-12,14-15,17-21H2,1-3H3/t26?,27-,28+,29+,31?,36-,37-/m0/s1. The van der Waals surface area contributed by atoms with E-state index in [2.05, 4.69) is 29.7 Å². The Labute approximate surface area is 266 Å². The van der Waals surface area contributed by atoms with E-state index in [4.69, 9.17) is 9.47 Å². The Bertz CT molecular complexity index is 1470. The Hall–Kier alpha value is -3.23. The minimum absolute atomic E-state index is 0.00282. The summed E-state index contributed by atoms with van der Waals surface area (Å²) in [5, 5.41) is 10.1. The summed E-state index contributed by atoms with van der Waals surface area (Å²) in [7, 11) is 0. The normalized spacial score (nSPS) is 30.8. The van der Waals surface area contributed by atoms with Crippen LogP contribution in [-0.4, -0.2) is 76.0 Å². The van der Waals surface area contributed by atoms with Crippen molar-refractivity contribution in [2.45, 2.75) is 114 Å². The molecule has 1 N–H and O–H groups in total. The van der Waals surface area contributed by atoms with Gasteiger partial charge >= 0.3 is 5.97 Å². The van der Waals surface area contributed by atoms with Crippen molar-refractivity contribution < 1.29 is 29.0 Å². The first-order valence-electron chi connectivity index (χ1n) is 17.0. The molecule has 8 nitrogen and oxygen atoms in total. The van der Waals surface area contributed by atoms with Crippen LogP contribution in [0.3, 0.4) is 0 Å². The van der Waals surface area contributed by atoms with E-state index in [1.807, 2.05) is 36.4 Å². The summed E-state index contributed by atoms with van der Waals surface area (Å²) in [6.45, 7) is 7.46. The zero-order chi connectivity index (χ0) is 31.5. The quantitative estimate of drug-likeness (QED) is 0.163. The summed E-state index contributed by atoms with van der Waals surface area (Å²) in [6.07, 6.45) is 6.38. The molecule has 7 rings (SSSR count). The Balaban J connectivity index is 1.14. The number of ether oxygens (including phenoxy) is 2. The van der Waals surface area contributed by atoms with Crippen molar-refractivity contribution >= 4 is 17.7 Å². The van der Waals surface area contributed by atoms with Crippen molar-refractivity contribution in [2.75, 3.05) is 13.1 Å². The molecule has 2 saturated carbocycles. The number of likely N-dealkylation sites (tertiary alicyclic amines) is 1. The van der Waals surface area contributed by atoms with Crippen LogP contribution in [0.2, 0.25) is 0 Å². The second-order valence-corrected chi connectivity index (χ2v) is 14.3. The average Bonchev–Trinajstić information content (AvgIpc) is 3.59. The zero-order valence-corrected chi connectivity index (χ0v) is 26.7. The van der Waals surface area contributed by atoms with E-state index in [9.17, 15) is 19.5 Å². The summed E-state index contributed by atoms with van der Waals surface area (Å²) in [5.41, 5.74) is 2.94. The molecule has 45 heavy (non-hydrogen) atoms. The van der Waals surface area contributed by atoms with Crippen LogP contribution in [0.1, 0.15) is 93.6 Å². The SMILES string of the molecule is CC(=O)Oc1ccc2c3c1O[C@H]1[C@H](N(C(=O)CCCCC(=O)c4ccccc4)C(C)C)CC[C@H]4[C@@H](C2)N(CC2CC2O)CC[C@@]341. The molecular weight excluding hydrogens is 568 g/mol. The molecule has 2 unspecified atom stereocenters. The molecule has 1 saturated heterocycles. The van der Waals surface area contributed by atoms with Gasteiger partial charge in [-0.05, 0) is 82.9 Å². The third-order valence-electron chi connectivity index (χ3n) is 11.3. The van der Waals surface area contributed by atoms with Crippen molar-refractivity contribution in [1.29, 1.82) is 0 Å². The van der Waals surface area contributed by atoms with Crippen LogP contribution in [0.4, 0.5) is 0 Å². The molecule has 2 aromatic rings. The van der Waals surface area contributed by atoms with E-state index in [1.54, 1.807) is 0 Å². The number of carbonyl (C=O) groups excluding carboxylic acids is 3. The summed E-state index contributed by atoms with van der Waals surface area (Å²) >= 11 is 0. The highest BCUT2D eigenvalue weighted by Gasteiger charge is 2.67. The Morgan fingerprint density at radius 3 is 2.56 bits per heavy atom. The van der Waals surface area contributed by atoms with Gasteiger partial charge in [0.05, 0.1) is 12.1 Å². The molecule has 2 heterocycles. The molecule has 1 spiro atoms. The lowest BCUT2D eigenvalue weighted by atomic mass is 9.51. The van der Waals surface area contributed by atoms with Crippen LogP contribution in [0.5, 0.6) is 11.5 Å². The number of esters is 1. The maximum atomic E-state index is 14.0. The van der Waals surface area contributed by atoms with Crippen LogP contribution in [0.15, 0.2) is 42.5 Å². The molecule has 8 heteroatoms. The first-order valence-corrected chi connectivity index (χ1v) is 17.0. The Morgan fingerprint density at radius 1 is 1.09 bits per heavy atom. The number of hydrogen-bond donors (Lipinski definition) is 1. The number of piperidine rings is 1. The summed E-state index contributed by atoms with van der Waals surface area (Å²) < 4.78 is 12.7. The van der Waals surface area contributed by atoms with Gasteiger partial charge in [-0.25, -0.2) is 0 Å². The van der Waals surface area contributed by atoms with E-state index < -0.39 is 0 Å². The highest BCUT2D eigenvalue weighted by Crippen LogP contribution is 2.64. The number of rotatable bonds is 11. The van der Waals surface area contributed by atoms with E-state index in [-0.39, 0.29) is 47.4 Å². The predicted molar refractivity (Wildman–Crippen MR) is 169 cm³/mol. The van der Waals surface area contributed by atoms with Gasteiger partial charge in [-0.2, -0.15) is 0 Å². The minimum atomic E-state index is -0.369. The molecule has 2 aromatic carbocycles. The first-order chi connectivity index (χ1) is 21.7. The van der Waals surface area contributed by atoms with Gasteiger partial charge < -0.3 is 19.5 Å². The van der Waals surface area contributed by atoms with E-state index in [0.29, 0.717) is 55.1 Å². The highest BCUT2D eigenvalue weighted by molar-refractivity contribution is 5.96. The maximum Gasteiger partial charge on any atom is 0.308 e. The number of amides is 1. The molecule has 7 atom stereocenters. The van der Waals surface area contributed by atoms with Crippen molar-refractivity contribution in [3.05, 3.63) is 59.2 Å². The van der Waals surface area contributed by atoms with Gasteiger partial charge in [0, 0.05) is 60.9 Å². The lowest BCUT2D eigenvalue weighted by Gasteiger charge is -2.61. The third-order valence-corrected chi connectivity index (χ3v) is 11.3. The molecule has 240 valence electrons. The van der Waals surface area contributed by atoms with E-state index in [1.165, 1.54) is 18.1 Å². The number of unbranched alkanes of at least 4 members (excludes halogenated alkanes) is 1. The van der Waals surface area contributed by atoms with E-state index >= 15 is 0 Å². The van der Waals surface area contributed by atoms with Crippen molar-refractivity contribution in [1.82, 2.24) is 9.80 Å². The van der Waals surface area contributed by atoms with E-state index in [0.717, 1.165) is 50.8 Å². The van der Waals surface area contributed by atoms with Gasteiger partial charge in [0.2, 0.25) is 5.91 Å². The van der Waals surface area contributed by atoms with Crippen LogP contribution >= 0.6 is 0 Å². The first kappa shape index (κ1) is 30.4. The average molecular weight is 615 g/mol. The maximum absolute atomic E-state index is 14.0. The second-order valence-electron chi connectivity index (χ2n) is 14.3. The minimum Gasteiger partial charge on any atom is -0.483 e. The number of ketones is 1. The molecule has 3 aliphatic carbocycles. The highest BCUT2D eigenvalue weighted by atomic mass is 16.6.